The van der Waals surface area contributed by atoms with E-state index in [1.807, 2.05) is 0 Å². The molecule has 4 N–H and O–H groups in total. The molecule has 0 saturated carbocycles. The van der Waals surface area contributed by atoms with Gasteiger partial charge in [-0.1, -0.05) is 83.1 Å². The summed E-state index contributed by atoms with van der Waals surface area (Å²) in [6.45, 7) is 3.67. The van der Waals surface area contributed by atoms with Crippen molar-refractivity contribution in [3.05, 3.63) is 42.0 Å². The second-order valence-corrected chi connectivity index (χ2v) is 12.0. The number of carbonyl (C=O) groups is 4. The van der Waals surface area contributed by atoms with Crippen molar-refractivity contribution in [2.75, 3.05) is 20.3 Å². The van der Waals surface area contributed by atoms with Crippen molar-refractivity contribution in [3.8, 4) is 5.75 Å². The molecule has 0 fully saturated rings. The fourth-order valence-corrected chi connectivity index (χ4v) is 5.16. The van der Waals surface area contributed by atoms with Crippen LogP contribution in [-0.2, 0) is 25.6 Å². The first-order chi connectivity index (χ1) is 22.1. The average Bonchev–Trinajstić information content (AvgIpc) is 3.04. The van der Waals surface area contributed by atoms with Gasteiger partial charge in [0, 0.05) is 32.7 Å². The van der Waals surface area contributed by atoms with Gasteiger partial charge in [0.05, 0.1) is 19.2 Å². The Hall–Kier alpha value is -3.27. The zero-order valence-electron chi connectivity index (χ0n) is 28.2. The lowest BCUT2D eigenvalue weighted by atomic mass is 9.83. The maximum Gasteiger partial charge on any atom is 0.336 e. The van der Waals surface area contributed by atoms with E-state index in [0.29, 0.717) is 37.4 Å². The number of unbranched alkanes of at least 4 members (excludes halogenated alkanes) is 9. The summed E-state index contributed by atoms with van der Waals surface area (Å²) in [4.78, 5) is 50.3. The van der Waals surface area contributed by atoms with Crippen molar-refractivity contribution in [2.45, 2.75) is 128 Å². The molecule has 1 rings (SSSR count). The molecule has 260 valence electrons. The minimum Gasteiger partial charge on any atom is -0.494 e. The molecule has 0 unspecified atom stereocenters. The number of likely N-dealkylation sites (N-methyl/N-ethyl adjacent to an activating group) is 1. The van der Waals surface area contributed by atoms with Crippen molar-refractivity contribution in [1.82, 2.24) is 10.6 Å². The molecule has 10 heteroatoms. The topological polar surface area (TPSA) is 142 Å². The molecule has 46 heavy (non-hydrogen) atoms. The van der Waals surface area contributed by atoms with E-state index in [9.17, 15) is 33.8 Å². The lowest BCUT2D eigenvalue weighted by molar-refractivity contribution is -0.167. The highest BCUT2D eigenvalue weighted by Crippen LogP contribution is 2.26. The maximum absolute atomic E-state index is 13.4. The molecule has 2 amide bonds. The molecule has 3 atom stereocenters. The monoisotopic (exact) mass is 648 g/mol. The zero-order valence-corrected chi connectivity index (χ0v) is 28.2. The number of rotatable bonds is 27. The molecular formula is C36H57FN2O7. The number of carboxylic acid groups (broad SMARTS) is 1. The third-order valence-electron chi connectivity index (χ3n) is 8.12. The number of aliphatic hydroxyl groups is 1. The zero-order chi connectivity index (χ0) is 34.2. The van der Waals surface area contributed by atoms with E-state index in [4.69, 9.17) is 4.74 Å². The van der Waals surface area contributed by atoms with E-state index in [1.54, 1.807) is 30.3 Å². The lowest BCUT2D eigenvalue weighted by Crippen LogP contribution is -2.56. The number of carboxylic acids is 1. The summed E-state index contributed by atoms with van der Waals surface area (Å²) in [6.07, 6.45) is 14.8. The number of hydrogen-bond donors (Lipinski definition) is 4. The van der Waals surface area contributed by atoms with Gasteiger partial charge in [-0.2, -0.15) is 0 Å². The van der Waals surface area contributed by atoms with Gasteiger partial charge in [0.2, 0.25) is 11.8 Å². The number of ether oxygens (including phenoxy) is 1. The number of carbonyl (C=O) groups excluding carboxylic acids is 3. The van der Waals surface area contributed by atoms with E-state index in [1.165, 1.54) is 32.4 Å². The molecule has 0 aliphatic carbocycles. The predicted molar refractivity (Wildman–Crippen MR) is 178 cm³/mol. The summed E-state index contributed by atoms with van der Waals surface area (Å²) in [6, 6.07) is 6.04. The summed E-state index contributed by atoms with van der Waals surface area (Å²) in [5, 5.41) is 25.9. The first-order valence-corrected chi connectivity index (χ1v) is 17.1. The van der Waals surface area contributed by atoms with Gasteiger partial charge < -0.3 is 25.6 Å². The Kier molecular flexibility index (Phi) is 21.2. The van der Waals surface area contributed by atoms with Crippen molar-refractivity contribution >= 4 is 23.6 Å². The number of alkyl halides is 1. The number of amides is 2. The Balaban J connectivity index is 2.81. The molecule has 0 aliphatic rings. The van der Waals surface area contributed by atoms with Gasteiger partial charge in [0.15, 0.2) is 5.60 Å². The minimum atomic E-state index is -2.70. The van der Waals surface area contributed by atoms with Gasteiger partial charge in [-0.05, 0) is 49.8 Å². The highest BCUT2D eigenvalue weighted by molar-refractivity contribution is 5.93. The highest BCUT2D eigenvalue weighted by atomic mass is 19.1. The van der Waals surface area contributed by atoms with Crippen molar-refractivity contribution < 1.29 is 38.5 Å². The van der Waals surface area contributed by atoms with E-state index >= 15 is 0 Å². The minimum absolute atomic E-state index is 0.104. The fraction of sp³-hybridized carbons (Fsp3) is 0.667. The summed E-state index contributed by atoms with van der Waals surface area (Å²) in [7, 11) is 1.42. The van der Waals surface area contributed by atoms with Crippen LogP contribution in [0.15, 0.2) is 36.4 Å². The normalized spacial score (nSPS) is 13.9. The van der Waals surface area contributed by atoms with Gasteiger partial charge in [-0.25, -0.2) is 4.79 Å². The number of benzene rings is 1. The summed E-state index contributed by atoms with van der Waals surface area (Å²) in [5.41, 5.74) is -1.97. The second-order valence-electron chi connectivity index (χ2n) is 12.0. The quantitative estimate of drug-likeness (QED) is 0.0652. The van der Waals surface area contributed by atoms with Crippen LogP contribution >= 0.6 is 0 Å². The van der Waals surface area contributed by atoms with Crippen LogP contribution in [0.2, 0.25) is 0 Å². The Bertz CT molecular complexity index is 1060. The molecule has 0 saturated heterocycles. The fourth-order valence-electron chi connectivity index (χ4n) is 5.16. The molecular weight excluding hydrogens is 591 g/mol. The van der Waals surface area contributed by atoms with Gasteiger partial charge in [0.25, 0.3) is 0 Å². The van der Waals surface area contributed by atoms with E-state index in [-0.39, 0.29) is 6.42 Å². The first-order valence-electron chi connectivity index (χ1n) is 17.1. The van der Waals surface area contributed by atoms with Crippen molar-refractivity contribution in [3.63, 3.8) is 0 Å². The van der Waals surface area contributed by atoms with Crippen LogP contribution in [0.3, 0.4) is 0 Å². The SMILES string of the molecule is CCCCCCCC(=O)CCCCCCC=C[C@H](C(=O)N[C@@H](Cc1ccc(OCCCC)cc1)C(=O)NC)[C@@](O)(CCF)C(=O)O. The Labute approximate surface area is 274 Å². The number of nitrogens with one attached hydrogen (secondary N) is 2. The van der Waals surface area contributed by atoms with Gasteiger partial charge >= 0.3 is 5.97 Å². The number of aliphatic carboxylic acids is 1. The third kappa shape index (κ3) is 15.8. The number of allylic oxidation sites excluding steroid dienone is 1. The molecule has 0 aromatic heterocycles. The summed E-state index contributed by atoms with van der Waals surface area (Å²) >= 11 is 0. The van der Waals surface area contributed by atoms with Crippen LogP contribution in [0, 0.1) is 5.92 Å². The van der Waals surface area contributed by atoms with Crippen LogP contribution in [0.25, 0.3) is 0 Å². The van der Waals surface area contributed by atoms with E-state index in [2.05, 4.69) is 24.5 Å². The molecule has 1 aromatic carbocycles. The molecule has 0 heterocycles. The number of hydrogen-bond acceptors (Lipinski definition) is 6. The van der Waals surface area contributed by atoms with Crippen LogP contribution in [-0.4, -0.2) is 65.8 Å². The molecule has 0 aliphatic heterocycles. The molecule has 0 spiro atoms. The van der Waals surface area contributed by atoms with Crippen LogP contribution in [0.5, 0.6) is 5.75 Å². The summed E-state index contributed by atoms with van der Waals surface area (Å²) in [5.74, 6) is -3.76. The maximum atomic E-state index is 13.4. The third-order valence-corrected chi connectivity index (χ3v) is 8.12. The smallest absolute Gasteiger partial charge is 0.336 e. The van der Waals surface area contributed by atoms with E-state index < -0.39 is 48.4 Å². The summed E-state index contributed by atoms with van der Waals surface area (Å²) < 4.78 is 19.1. The Morgan fingerprint density at radius 2 is 1.50 bits per heavy atom. The number of ketones is 1. The van der Waals surface area contributed by atoms with Gasteiger partial charge in [0.1, 0.15) is 17.6 Å². The second kappa shape index (κ2) is 24.0. The lowest BCUT2D eigenvalue weighted by Gasteiger charge is -2.30. The Morgan fingerprint density at radius 1 is 0.891 bits per heavy atom. The average molecular weight is 649 g/mol. The van der Waals surface area contributed by atoms with Crippen LogP contribution in [0.4, 0.5) is 4.39 Å². The van der Waals surface area contributed by atoms with Crippen molar-refractivity contribution in [2.24, 2.45) is 5.92 Å². The first kappa shape index (κ1) is 40.8. The number of Topliss-reactive ketones (excluding diaryl/α,β-unsaturated/α-hetero) is 1. The van der Waals surface area contributed by atoms with E-state index in [0.717, 1.165) is 56.9 Å². The Morgan fingerprint density at radius 3 is 2.07 bits per heavy atom. The van der Waals surface area contributed by atoms with Crippen LogP contribution < -0.4 is 15.4 Å². The molecule has 9 nitrogen and oxygen atoms in total. The molecule has 1 aromatic rings. The standard InChI is InChI=1S/C36H57FN2O7/c1-4-6-8-11-14-17-29(40)18-15-12-9-10-13-16-19-31(36(45,24-25-37)35(43)44)33(41)39-32(34(42)38-3)27-28-20-22-30(23-21-28)46-26-7-5-2/h16,19-23,31-32,45H,4-15,17-18,24-27H2,1-3H3,(H,38,42)(H,39,41)(H,43,44)/t31-,32+,36+/m1/s1. The van der Waals surface area contributed by atoms with Gasteiger partial charge in [-0.3, -0.25) is 18.8 Å². The number of halogens is 1. The van der Waals surface area contributed by atoms with Crippen molar-refractivity contribution in [1.29, 1.82) is 0 Å². The largest absolute Gasteiger partial charge is 0.494 e. The predicted octanol–water partition coefficient (Wildman–Crippen LogP) is 6.26. The molecule has 0 radical (unpaired) electrons. The molecule has 0 bridgehead atoms. The van der Waals surface area contributed by atoms with Gasteiger partial charge in [-0.15, -0.1) is 0 Å². The highest BCUT2D eigenvalue weighted by Gasteiger charge is 2.47. The van der Waals surface area contributed by atoms with Crippen LogP contribution in [0.1, 0.15) is 116 Å².